The average Bonchev–Trinajstić information content (AvgIpc) is 2.57. The number of nitrogens with zero attached hydrogens (tertiary/aromatic N) is 1. The molecule has 2 heterocycles. The number of allylic oxidation sites excluding steroid dienone is 1. The van der Waals surface area contributed by atoms with Crippen LogP contribution in [-0.2, 0) is 5.41 Å². The minimum absolute atomic E-state index is 0.198. The Labute approximate surface area is 104 Å². The lowest BCUT2D eigenvalue weighted by atomic mass is 9.73. The fraction of sp³-hybridized carbons (Fsp3) is 0.133. The summed E-state index contributed by atoms with van der Waals surface area (Å²) in [6.07, 6.45) is 11.0. The molecular weight excluding hydrogens is 226 g/mol. The van der Waals surface area contributed by atoms with Gasteiger partial charge in [0.15, 0.2) is 0 Å². The largest absolute Gasteiger partial charge is 0.508 e. The number of aliphatic hydroxyl groups excluding tert-OH is 1. The van der Waals surface area contributed by atoms with Gasteiger partial charge in [-0.25, -0.2) is 0 Å². The van der Waals surface area contributed by atoms with Crippen LogP contribution in [0, 0.1) is 0 Å². The Hall–Kier alpha value is -2.29. The third-order valence-electron chi connectivity index (χ3n) is 3.72. The summed E-state index contributed by atoms with van der Waals surface area (Å²) in [6, 6.07) is 5.96. The van der Waals surface area contributed by atoms with Gasteiger partial charge in [-0.3, -0.25) is 4.99 Å². The predicted octanol–water partition coefficient (Wildman–Crippen LogP) is 2.64. The SMILES string of the molecule is OC1=CC2Oc3cccc4c3C2(C=CN=C4)C=C1. The van der Waals surface area contributed by atoms with Gasteiger partial charge in [0.05, 0.1) is 5.41 Å². The first-order chi connectivity index (χ1) is 8.79. The number of benzene rings is 1. The first-order valence-electron chi connectivity index (χ1n) is 5.91. The summed E-state index contributed by atoms with van der Waals surface area (Å²) in [7, 11) is 0. The Morgan fingerprint density at radius 2 is 2.22 bits per heavy atom. The fourth-order valence-corrected chi connectivity index (χ4v) is 2.90. The summed E-state index contributed by atoms with van der Waals surface area (Å²) in [4.78, 5) is 4.26. The molecule has 0 fully saturated rings. The number of ether oxygens (including phenoxy) is 1. The van der Waals surface area contributed by atoms with Crippen LogP contribution in [0.5, 0.6) is 5.75 Å². The van der Waals surface area contributed by atoms with Gasteiger partial charge in [0, 0.05) is 23.5 Å². The molecule has 1 spiro atoms. The lowest BCUT2D eigenvalue weighted by Gasteiger charge is -2.28. The molecule has 1 aliphatic carbocycles. The summed E-state index contributed by atoms with van der Waals surface area (Å²) in [6.45, 7) is 0. The van der Waals surface area contributed by atoms with E-state index in [-0.39, 0.29) is 17.3 Å². The van der Waals surface area contributed by atoms with Gasteiger partial charge in [0.25, 0.3) is 0 Å². The maximum atomic E-state index is 9.64. The third-order valence-corrected chi connectivity index (χ3v) is 3.72. The Kier molecular flexibility index (Phi) is 1.69. The lowest BCUT2D eigenvalue weighted by molar-refractivity contribution is 0.232. The van der Waals surface area contributed by atoms with Crippen molar-refractivity contribution in [3.63, 3.8) is 0 Å². The molecule has 0 radical (unpaired) electrons. The molecule has 3 aliphatic rings. The Balaban J connectivity index is 2.05. The molecular formula is C15H11NO2. The average molecular weight is 237 g/mol. The summed E-state index contributed by atoms with van der Waals surface area (Å²) >= 11 is 0. The van der Waals surface area contributed by atoms with E-state index in [4.69, 9.17) is 4.74 Å². The molecule has 0 amide bonds. The van der Waals surface area contributed by atoms with Gasteiger partial charge >= 0.3 is 0 Å². The van der Waals surface area contributed by atoms with Crippen molar-refractivity contribution >= 4 is 6.21 Å². The molecule has 0 aromatic heterocycles. The van der Waals surface area contributed by atoms with Crippen LogP contribution in [0.3, 0.4) is 0 Å². The molecule has 0 saturated carbocycles. The molecule has 88 valence electrons. The standard InChI is InChI=1S/C15H11NO2/c17-11-4-5-15-6-7-16-9-10-2-1-3-12(14(10)15)18-13(15)8-11/h1-9,13,17H. The van der Waals surface area contributed by atoms with E-state index in [2.05, 4.69) is 4.99 Å². The first kappa shape index (κ1) is 9.71. The number of hydrogen-bond donors (Lipinski definition) is 1. The van der Waals surface area contributed by atoms with Gasteiger partial charge in [-0.05, 0) is 24.3 Å². The van der Waals surface area contributed by atoms with Crippen molar-refractivity contribution in [3.8, 4) is 5.75 Å². The van der Waals surface area contributed by atoms with Crippen molar-refractivity contribution in [2.24, 2.45) is 4.99 Å². The van der Waals surface area contributed by atoms with Gasteiger partial charge in [-0.15, -0.1) is 0 Å². The highest BCUT2D eigenvalue weighted by atomic mass is 16.5. The second-order valence-corrected chi connectivity index (χ2v) is 4.71. The van der Waals surface area contributed by atoms with Crippen LogP contribution in [0.15, 0.2) is 59.5 Å². The molecule has 0 saturated heterocycles. The Bertz CT molecular complexity index is 654. The predicted molar refractivity (Wildman–Crippen MR) is 69.1 cm³/mol. The van der Waals surface area contributed by atoms with Crippen molar-refractivity contribution < 1.29 is 9.84 Å². The molecule has 2 unspecified atom stereocenters. The quantitative estimate of drug-likeness (QED) is 0.753. The van der Waals surface area contributed by atoms with Crippen LogP contribution >= 0.6 is 0 Å². The van der Waals surface area contributed by atoms with E-state index in [0.29, 0.717) is 0 Å². The minimum atomic E-state index is -0.339. The fourth-order valence-electron chi connectivity index (χ4n) is 2.90. The van der Waals surface area contributed by atoms with Gasteiger partial charge in [-0.1, -0.05) is 18.2 Å². The van der Waals surface area contributed by atoms with Crippen LogP contribution in [0.1, 0.15) is 11.1 Å². The van der Waals surface area contributed by atoms with E-state index in [1.54, 1.807) is 18.4 Å². The zero-order valence-electron chi connectivity index (χ0n) is 9.58. The topological polar surface area (TPSA) is 41.8 Å². The molecule has 2 atom stereocenters. The van der Waals surface area contributed by atoms with Gasteiger partial charge in [0.2, 0.25) is 0 Å². The van der Waals surface area contributed by atoms with Gasteiger partial charge < -0.3 is 9.84 Å². The maximum absolute atomic E-state index is 9.64. The third kappa shape index (κ3) is 1.06. The zero-order valence-corrected chi connectivity index (χ0v) is 9.58. The summed E-state index contributed by atoms with van der Waals surface area (Å²) in [5.41, 5.74) is 1.86. The van der Waals surface area contributed by atoms with Crippen molar-refractivity contribution in [1.82, 2.24) is 0 Å². The summed E-state index contributed by atoms with van der Waals surface area (Å²) in [5, 5.41) is 9.64. The molecule has 18 heavy (non-hydrogen) atoms. The highest BCUT2D eigenvalue weighted by Crippen LogP contribution is 2.49. The Morgan fingerprint density at radius 3 is 3.17 bits per heavy atom. The molecule has 3 nitrogen and oxygen atoms in total. The van der Waals surface area contributed by atoms with Crippen LogP contribution < -0.4 is 4.74 Å². The van der Waals surface area contributed by atoms with Crippen molar-refractivity contribution in [1.29, 1.82) is 0 Å². The van der Waals surface area contributed by atoms with E-state index in [1.165, 1.54) is 0 Å². The van der Waals surface area contributed by atoms with E-state index >= 15 is 0 Å². The van der Waals surface area contributed by atoms with Crippen LogP contribution in [-0.4, -0.2) is 17.4 Å². The van der Waals surface area contributed by atoms with Crippen molar-refractivity contribution in [3.05, 3.63) is 65.6 Å². The van der Waals surface area contributed by atoms with E-state index in [0.717, 1.165) is 16.9 Å². The second kappa shape index (κ2) is 3.13. The smallest absolute Gasteiger partial charge is 0.137 e. The normalized spacial score (nSPS) is 30.2. The second-order valence-electron chi connectivity index (χ2n) is 4.71. The number of rotatable bonds is 0. The van der Waals surface area contributed by atoms with Crippen LogP contribution in [0.4, 0.5) is 0 Å². The molecule has 1 aromatic carbocycles. The highest BCUT2D eigenvalue weighted by Gasteiger charge is 2.47. The van der Waals surface area contributed by atoms with E-state index < -0.39 is 0 Å². The molecule has 4 rings (SSSR count). The van der Waals surface area contributed by atoms with Gasteiger partial charge in [-0.2, -0.15) is 0 Å². The molecule has 3 heteroatoms. The number of aliphatic hydroxyl groups is 1. The molecule has 2 aliphatic heterocycles. The van der Waals surface area contributed by atoms with Crippen molar-refractivity contribution in [2.45, 2.75) is 11.5 Å². The molecule has 1 aromatic rings. The highest BCUT2D eigenvalue weighted by molar-refractivity contribution is 5.86. The molecule has 1 N–H and O–H groups in total. The van der Waals surface area contributed by atoms with E-state index in [1.807, 2.05) is 36.6 Å². The van der Waals surface area contributed by atoms with E-state index in [9.17, 15) is 5.11 Å². The first-order valence-corrected chi connectivity index (χ1v) is 5.91. The van der Waals surface area contributed by atoms with Gasteiger partial charge in [0.1, 0.15) is 17.6 Å². The van der Waals surface area contributed by atoms with Crippen LogP contribution in [0.25, 0.3) is 0 Å². The monoisotopic (exact) mass is 237 g/mol. The number of aliphatic imine (C=N–C) groups is 1. The lowest BCUT2D eigenvalue weighted by Crippen LogP contribution is -2.35. The zero-order chi connectivity index (χ0) is 12.2. The number of hydrogen-bond acceptors (Lipinski definition) is 3. The maximum Gasteiger partial charge on any atom is 0.137 e. The summed E-state index contributed by atoms with van der Waals surface area (Å²) in [5.74, 6) is 1.12. The minimum Gasteiger partial charge on any atom is -0.508 e. The van der Waals surface area contributed by atoms with Crippen LogP contribution in [0.2, 0.25) is 0 Å². The van der Waals surface area contributed by atoms with Crippen molar-refractivity contribution in [2.75, 3.05) is 0 Å². The Morgan fingerprint density at radius 1 is 1.28 bits per heavy atom. The molecule has 0 bridgehead atoms. The summed E-state index contributed by atoms with van der Waals surface area (Å²) < 4.78 is 5.95.